The SMILES string of the molecule is COC(=O)C[C@](C)(N[S@@](=O)C(C)(C)C)C(C)C. The van der Waals surface area contributed by atoms with Gasteiger partial charge < -0.3 is 4.74 Å². The lowest BCUT2D eigenvalue weighted by molar-refractivity contribution is -0.142. The number of hydrogen-bond acceptors (Lipinski definition) is 3. The summed E-state index contributed by atoms with van der Waals surface area (Å²) in [5.41, 5.74) is -0.523. The molecule has 17 heavy (non-hydrogen) atoms. The Morgan fingerprint density at radius 3 is 2.06 bits per heavy atom. The number of carbonyl (C=O) groups excluding carboxylic acids is 1. The van der Waals surface area contributed by atoms with Gasteiger partial charge in [-0.15, -0.1) is 0 Å². The fourth-order valence-electron chi connectivity index (χ4n) is 1.09. The van der Waals surface area contributed by atoms with Crippen LogP contribution in [-0.4, -0.2) is 27.6 Å². The van der Waals surface area contributed by atoms with E-state index in [2.05, 4.69) is 9.46 Å². The molecule has 0 fully saturated rings. The Hall–Kier alpha value is -0.420. The van der Waals surface area contributed by atoms with Crippen LogP contribution in [0.2, 0.25) is 0 Å². The third-order valence-electron chi connectivity index (χ3n) is 2.90. The number of ether oxygens (including phenoxy) is 1. The molecule has 102 valence electrons. The Balaban J connectivity index is 4.86. The van der Waals surface area contributed by atoms with Crippen LogP contribution in [0.1, 0.15) is 48.0 Å². The summed E-state index contributed by atoms with van der Waals surface area (Å²) in [5.74, 6) is -0.118. The second-order valence-corrected chi connectivity index (χ2v) is 7.77. The van der Waals surface area contributed by atoms with Gasteiger partial charge >= 0.3 is 5.97 Å². The van der Waals surface area contributed by atoms with Gasteiger partial charge in [-0.1, -0.05) is 13.8 Å². The van der Waals surface area contributed by atoms with Crippen molar-refractivity contribution in [3.05, 3.63) is 0 Å². The van der Waals surface area contributed by atoms with E-state index in [1.54, 1.807) is 0 Å². The fourth-order valence-corrected chi connectivity index (χ4v) is 2.13. The molecule has 0 aromatic rings. The highest BCUT2D eigenvalue weighted by molar-refractivity contribution is 7.84. The highest BCUT2D eigenvalue weighted by atomic mass is 32.2. The van der Waals surface area contributed by atoms with E-state index in [4.69, 9.17) is 0 Å². The average Bonchev–Trinajstić information content (AvgIpc) is 2.15. The number of rotatable bonds is 5. The van der Waals surface area contributed by atoms with Crippen molar-refractivity contribution < 1.29 is 13.7 Å². The van der Waals surface area contributed by atoms with E-state index in [0.29, 0.717) is 0 Å². The quantitative estimate of drug-likeness (QED) is 0.772. The summed E-state index contributed by atoms with van der Waals surface area (Å²) in [6, 6.07) is 0. The topological polar surface area (TPSA) is 55.4 Å². The highest BCUT2D eigenvalue weighted by Crippen LogP contribution is 2.24. The number of methoxy groups -OCH3 is 1. The molecule has 0 aliphatic heterocycles. The average molecular weight is 263 g/mol. The van der Waals surface area contributed by atoms with Gasteiger partial charge in [0, 0.05) is 5.54 Å². The van der Waals surface area contributed by atoms with Gasteiger partial charge in [-0.05, 0) is 33.6 Å². The molecule has 0 saturated heterocycles. The van der Waals surface area contributed by atoms with Crippen molar-refractivity contribution in [3.8, 4) is 0 Å². The molecule has 0 bridgehead atoms. The van der Waals surface area contributed by atoms with Gasteiger partial charge in [-0.2, -0.15) is 0 Å². The predicted molar refractivity (Wildman–Crippen MR) is 70.9 cm³/mol. The van der Waals surface area contributed by atoms with E-state index in [9.17, 15) is 9.00 Å². The summed E-state index contributed by atoms with van der Waals surface area (Å²) >= 11 is 0. The third-order valence-corrected chi connectivity index (χ3v) is 4.66. The number of esters is 1. The van der Waals surface area contributed by atoms with Crippen molar-refractivity contribution in [1.29, 1.82) is 0 Å². The lowest BCUT2D eigenvalue weighted by atomic mass is 9.86. The molecule has 0 aliphatic carbocycles. The van der Waals surface area contributed by atoms with Crippen LogP contribution in [0.25, 0.3) is 0 Å². The smallest absolute Gasteiger partial charge is 0.307 e. The first-order valence-corrected chi connectivity index (χ1v) is 6.94. The van der Waals surface area contributed by atoms with Gasteiger partial charge in [0.2, 0.25) is 0 Å². The minimum atomic E-state index is -1.20. The minimum Gasteiger partial charge on any atom is -0.469 e. The largest absolute Gasteiger partial charge is 0.469 e. The van der Waals surface area contributed by atoms with Crippen LogP contribution in [-0.2, 0) is 20.5 Å². The number of carbonyl (C=O) groups is 1. The lowest BCUT2D eigenvalue weighted by Crippen LogP contribution is -2.52. The highest BCUT2D eigenvalue weighted by Gasteiger charge is 2.35. The molecule has 0 unspecified atom stereocenters. The van der Waals surface area contributed by atoms with E-state index < -0.39 is 16.5 Å². The van der Waals surface area contributed by atoms with Crippen molar-refractivity contribution in [2.24, 2.45) is 5.92 Å². The van der Waals surface area contributed by atoms with Crippen molar-refractivity contribution >= 4 is 17.0 Å². The molecule has 0 amide bonds. The first-order valence-electron chi connectivity index (χ1n) is 5.79. The summed E-state index contributed by atoms with van der Waals surface area (Å²) in [5, 5.41) is 0. The zero-order valence-corrected chi connectivity index (χ0v) is 12.7. The van der Waals surface area contributed by atoms with Crippen LogP contribution in [0.5, 0.6) is 0 Å². The maximum absolute atomic E-state index is 12.1. The van der Waals surface area contributed by atoms with Crippen molar-refractivity contribution in [3.63, 3.8) is 0 Å². The summed E-state index contributed by atoms with van der Waals surface area (Å²) in [6.45, 7) is 11.6. The molecule has 0 heterocycles. The molecule has 0 aromatic carbocycles. The van der Waals surface area contributed by atoms with Crippen molar-refractivity contribution in [2.75, 3.05) is 7.11 Å². The second kappa shape index (κ2) is 5.96. The van der Waals surface area contributed by atoms with E-state index >= 15 is 0 Å². The van der Waals surface area contributed by atoms with Gasteiger partial charge in [0.05, 0.1) is 29.3 Å². The second-order valence-electron chi connectivity index (χ2n) is 5.81. The Kier molecular flexibility index (Phi) is 5.81. The van der Waals surface area contributed by atoms with Gasteiger partial charge in [0.1, 0.15) is 0 Å². The van der Waals surface area contributed by atoms with Crippen LogP contribution < -0.4 is 4.72 Å². The van der Waals surface area contributed by atoms with E-state index in [0.717, 1.165) is 0 Å². The number of hydrogen-bond donors (Lipinski definition) is 1. The molecule has 0 aromatic heterocycles. The monoisotopic (exact) mass is 263 g/mol. The Labute approximate surface area is 107 Å². The summed E-state index contributed by atoms with van der Waals surface area (Å²) in [7, 11) is 0.161. The Morgan fingerprint density at radius 1 is 1.29 bits per heavy atom. The Bertz CT molecular complexity index is 297. The molecule has 4 nitrogen and oxygen atoms in total. The number of nitrogens with one attached hydrogen (secondary N) is 1. The Morgan fingerprint density at radius 2 is 1.76 bits per heavy atom. The van der Waals surface area contributed by atoms with Gasteiger partial charge in [-0.3, -0.25) is 4.79 Å². The molecule has 5 heteroatoms. The summed E-state index contributed by atoms with van der Waals surface area (Å²) < 4.78 is 19.5. The molecular formula is C12H25NO3S. The third kappa shape index (κ3) is 5.17. The molecule has 0 rings (SSSR count). The van der Waals surface area contributed by atoms with E-state index in [-0.39, 0.29) is 23.1 Å². The van der Waals surface area contributed by atoms with Gasteiger partial charge in [-0.25, -0.2) is 8.93 Å². The zero-order chi connectivity index (χ0) is 13.9. The summed E-state index contributed by atoms with van der Waals surface area (Å²) in [6.07, 6.45) is 0.211. The fraction of sp³-hybridized carbons (Fsp3) is 0.917. The maximum Gasteiger partial charge on any atom is 0.307 e. The molecule has 0 radical (unpaired) electrons. The molecular weight excluding hydrogens is 238 g/mol. The molecule has 2 atom stereocenters. The predicted octanol–water partition coefficient (Wildman–Crippen LogP) is 2.02. The van der Waals surface area contributed by atoms with Crippen molar-refractivity contribution in [2.45, 2.75) is 58.2 Å². The standard InChI is InChI=1S/C12H25NO3S/c1-9(2)12(6,8-10(14)16-7)13-17(15)11(3,4)5/h9,13H,8H2,1-7H3/t12-,17-/m0/s1. The summed E-state index contributed by atoms with van der Waals surface area (Å²) in [4.78, 5) is 11.4. The first-order chi connectivity index (χ1) is 7.53. The normalized spacial score (nSPS) is 17.6. The van der Waals surface area contributed by atoms with Crippen LogP contribution in [0.15, 0.2) is 0 Å². The van der Waals surface area contributed by atoms with Crippen LogP contribution in [0, 0.1) is 5.92 Å². The van der Waals surface area contributed by atoms with Crippen molar-refractivity contribution in [1.82, 2.24) is 4.72 Å². The van der Waals surface area contributed by atoms with E-state index in [1.165, 1.54) is 7.11 Å². The van der Waals surface area contributed by atoms with Crippen LogP contribution in [0.4, 0.5) is 0 Å². The minimum absolute atomic E-state index is 0.174. The molecule has 0 spiro atoms. The molecule has 0 saturated carbocycles. The van der Waals surface area contributed by atoms with Gasteiger partial charge in [0.15, 0.2) is 0 Å². The van der Waals surface area contributed by atoms with Crippen LogP contribution >= 0.6 is 0 Å². The maximum atomic E-state index is 12.1. The van der Waals surface area contributed by atoms with Crippen LogP contribution in [0.3, 0.4) is 0 Å². The van der Waals surface area contributed by atoms with E-state index in [1.807, 2.05) is 41.5 Å². The zero-order valence-electron chi connectivity index (χ0n) is 11.9. The lowest BCUT2D eigenvalue weighted by Gasteiger charge is -2.35. The van der Waals surface area contributed by atoms with Gasteiger partial charge in [0.25, 0.3) is 0 Å². The molecule has 1 N–H and O–H groups in total. The molecule has 0 aliphatic rings. The first kappa shape index (κ1) is 16.6.